The van der Waals surface area contributed by atoms with E-state index in [1.54, 1.807) is 25.3 Å². The number of amides is 1. The average Bonchev–Trinajstić information content (AvgIpc) is 2.66. The summed E-state index contributed by atoms with van der Waals surface area (Å²) >= 11 is 1.18. The molecule has 0 saturated carbocycles. The Labute approximate surface area is 161 Å². The molecule has 1 aromatic heterocycles. The number of carbonyl (C=O) groups excluding carboxylic acids is 1. The number of hydrogen-bond donors (Lipinski definition) is 3. The van der Waals surface area contributed by atoms with Gasteiger partial charge < -0.3 is 21.5 Å². The molecule has 0 aliphatic carbocycles. The number of rotatable bonds is 6. The second-order valence-electron chi connectivity index (χ2n) is 5.63. The van der Waals surface area contributed by atoms with Crippen molar-refractivity contribution in [1.29, 1.82) is 0 Å². The molecular formula is C19H19N5O2S. The minimum Gasteiger partial charge on any atom is -0.497 e. The number of nitrogen functional groups attached to an aromatic ring is 2. The molecule has 0 aliphatic rings. The topological polar surface area (TPSA) is 116 Å². The summed E-state index contributed by atoms with van der Waals surface area (Å²) in [5.74, 6) is 0.947. The molecule has 3 rings (SSSR count). The number of aromatic nitrogens is 2. The average molecular weight is 381 g/mol. The summed E-state index contributed by atoms with van der Waals surface area (Å²) in [4.78, 5) is 21.3. The van der Waals surface area contributed by atoms with E-state index in [9.17, 15) is 4.79 Å². The second-order valence-corrected chi connectivity index (χ2v) is 6.70. The molecule has 1 amide bonds. The van der Waals surface area contributed by atoms with Gasteiger partial charge >= 0.3 is 0 Å². The Hall–Kier alpha value is -3.26. The van der Waals surface area contributed by atoms with Gasteiger partial charge in [0.15, 0.2) is 5.16 Å². The van der Waals surface area contributed by atoms with Gasteiger partial charge in [0.1, 0.15) is 22.6 Å². The smallest absolute Gasteiger partial charge is 0.242 e. The quantitative estimate of drug-likeness (QED) is 0.444. The molecule has 0 radical (unpaired) electrons. The van der Waals surface area contributed by atoms with Crippen LogP contribution in [0.5, 0.6) is 5.75 Å². The molecular weight excluding hydrogens is 362 g/mol. The van der Waals surface area contributed by atoms with E-state index >= 15 is 0 Å². The predicted molar refractivity (Wildman–Crippen MR) is 108 cm³/mol. The maximum atomic E-state index is 13.0. The van der Waals surface area contributed by atoms with E-state index in [0.29, 0.717) is 16.6 Å². The molecule has 138 valence electrons. The van der Waals surface area contributed by atoms with E-state index in [-0.39, 0.29) is 17.5 Å². The molecule has 7 nitrogen and oxygen atoms in total. The number of thioether (sulfide) groups is 1. The van der Waals surface area contributed by atoms with E-state index in [1.165, 1.54) is 17.8 Å². The Morgan fingerprint density at radius 2 is 1.74 bits per heavy atom. The molecule has 0 aliphatic heterocycles. The number of carbonyl (C=O) groups is 1. The summed E-state index contributed by atoms with van der Waals surface area (Å²) in [6.07, 6.45) is 0. The van der Waals surface area contributed by atoms with Crippen LogP contribution in [0.1, 0.15) is 10.8 Å². The van der Waals surface area contributed by atoms with Crippen LogP contribution in [0.4, 0.5) is 17.3 Å². The van der Waals surface area contributed by atoms with E-state index in [1.807, 2.05) is 36.4 Å². The Morgan fingerprint density at radius 1 is 1.04 bits per heavy atom. The minimum absolute atomic E-state index is 0.218. The van der Waals surface area contributed by atoms with Crippen LogP contribution in [-0.2, 0) is 4.79 Å². The van der Waals surface area contributed by atoms with Gasteiger partial charge in [-0.15, -0.1) is 0 Å². The fraction of sp³-hybridized carbons (Fsp3) is 0.105. The maximum absolute atomic E-state index is 13.0. The Kier molecular flexibility index (Phi) is 5.77. The van der Waals surface area contributed by atoms with Crippen molar-refractivity contribution in [3.63, 3.8) is 0 Å². The van der Waals surface area contributed by atoms with Crippen molar-refractivity contribution in [2.75, 3.05) is 23.9 Å². The van der Waals surface area contributed by atoms with Gasteiger partial charge in [-0.3, -0.25) is 4.79 Å². The van der Waals surface area contributed by atoms with Gasteiger partial charge in [-0.2, -0.15) is 0 Å². The molecule has 0 fully saturated rings. The summed E-state index contributed by atoms with van der Waals surface area (Å²) in [5.41, 5.74) is 12.9. The van der Waals surface area contributed by atoms with Crippen molar-refractivity contribution >= 4 is 35.0 Å². The van der Waals surface area contributed by atoms with Crippen LogP contribution in [0.25, 0.3) is 0 Å². The van der Waals surface area contributed by atoms with Crippen molar-refractivity contribution in [2.24, 2.45) is 0 Å². The van der Waals surface area contributed by atoms with E-state index in [0.717, 1.165) is 5.56 Å². The fourth-order valence-corrected chi connectivity index (χ4v) is 3.42. The number of anilines is 3. The highest BCUT2D eigenvalue weighted by molar-refractivity contribution is 8.00. The number of nitrogens with two attached hydrogens (primary N) is 2. The lowest BCUT2D eigenvalue weighted by Crippen LogP contribution is -2.19. The Bertz CT molecular complexity index is 916. The molecule has 2 aromatic carbocycles. The second kappa shape index (κ2) is 8.41. The Balaban J connectivity index is 1.88. The van der Waals surface area contributed by atoms with E-state index < -0.39 is 5.25 Å². The first-order chi connectivity index (χ1) is 13.0. The highest BCUT2D eigenvalue weighted by atomic mass is 32.2. The highest BCUT2D eigenvalue weighted by Crippen LogP contribution is 2.35. The van der Waals surface area contributed by atoms with Crippen molar-refractivity contribution in [1.82, 2.24) is 9.97 Å². The number of nitrogens with one attached hydrogen (secondary N) is 1. The van der Waals surface area contributed by atoms with Gasteiger partial charge in [0.25, 0.3) is 0 Å². The number of methoxy groups -OCH3 is 1. The van der Waals surface area contributed by atoms with Crippen LogP contribution in [-0.4, -0.2) is 23.0 Å². The van der Waals surface area contributed by atoms with E-state index in [4.69, 9.17) is 16.2 Å². The van der Waals surface area contributed by atoms with Crippen LogP contribution >= 0.6 is 11.8 Å². The molecule has 0 spiro atoms. The summed E-state index contributed by atoms with van der Waals surface area (Å²) in [7, 11) is 1.57. The van der Waals surface area contributed by atoms with Crippen LogP contribution in [0.15, 0.2) is 65.8 Å². The molecule has 0 bridgehead atoms. The highest BCUT2D eigenvalue weighted by Gasteiger charge is 2.24. The third-order valence-electron chi connectivity index (χ3n) is 3.65. The number of benzene rings is 2. The lowest BCUT2D eigenvalue weighted by atomic mass is 10.1. The zero-order valence-electron chi connectivity index (χ0n) is 14.6. The molecule has 27 heavy (non-hydrogen) atoms. The van der Waals surface area contributed by atoms with Gasteiger partial charge in [-0.1, -0.05) is 48.2 Å². The van der Waals surface area contributed by atoms with Crippen LogP contribution in [0, 0.1) is 0 Å². The standard InChI is InChI=1S/C19H19N5O2S/c1-26-14-9-5-8-13(10-14)22-18(25)17(12-6-3-2-4-7-12)27-19-23-15(20)11-16(21)24-19/h2-11,17H,1H3,(H,22,25)(H4,20,21,23,24)/t17-/m0/s1. The normalized spacial score (nSPS) is 11.6. The fourth-order valence-electron chi connectivity index (χ4n) is 2.43. The summed E-state index contributed by atoms with van der Waals surface area (Å²) in [6.45, 7) is 0. The van der Waals surface area contributed by atoms with Gasteiger partial charge in [0.2, 0.25) is 5.91 Å². The van der Waals surface area contributed by atoms with E-state index in [2.05, 4.69) is 15.3 Å². The zero-order valence-corrected chi connectivity index (χ0v) is 15.4. The monoisotopic (exact) mass is 381 g/mol. The summed E-state index contributed by atoms with van der Waals surface area (Å²) in [6, 6.07) is 18.0. The summed E-state index contributed by atoms with van der Waals surface area (Å²) < 4.78 is 5.20. The molecule has 3 aromatic rings. The van der Waals surface area contributed by atoms with Gasteiger partial charge in [-0.25, -0.2) is 9.97 Å². The molecule has 1 atom stereocenters. The number of nitrogens with zero attached hydrogens (tertiary/aromatic N) is 2. The largest absolute Gasteiger partial charge is 0.497 e. The minimum atomic E-state index is -0.585. The van der Waals surface area contributed by atoms with Crippen LogP contribution in [0.2, 0.25) is 0 Å². The van der Waals surface area contributed by atoms with Crippen molar-refractivity contribution in [2.45, 2.75) is 10.4 Å². The first-order valence-electron chi connectivity index (χ1n) is 8.11. The van der Waals surface area contributed by atoms with Crippen LogP contribution < -0.4 is 21.5 Å². The van der Waals surface area contributed by atoms with Gasteiger partial charge in [-0.05, 0) is 17.7 Å². The first kappa shape index (κ1) is 18.5. The molecule has 0 saturated heterocycles. The number of ether oxygens (including phenoxy) is 1. The first-order valence-corrected chi connectivity index (χ1v) is 8.99. The number of hydrogen-bond acceptors (Lipinski definition) is 7. The predicted octanol–water partition coefficient (Wildman–Crippen LogP) is 3.12. The van der Waals surface area contributed by atoms with Crippen molar-refractivity contribution < 1.29 is 9.53 Å². The third kappa shape index (κ3) is 4.89. The molecule has 0 unspecified atom stereocenters. The SMILES string of the molecule is COc1cccc(NC(=O)[C@@H](Sc2nc(N)cc(N)n2)c2ccccc2)c1. The van der Waals surface area contributed by atoms with Gasteiger partial charge in [0.05, 0.1) is 7.11 Å². The van der Waals surface area contributed by atoms with Crippen molar-refractivity contribution in [3.8, 4) is 5.75 Å². The van der Waals surface area contributed by atoms with Gasteiger partial charge in [0, 0.05) is 17.8 Å². The summed E-state index contributed by atoms with van der Waals surface area (Å²) in [5, 5.41) is 2.66. The molecule has 8 heteroatoms. The third-order valence-corrected chi connectivity index (χ3v) is 4.76. The lowest BCUT2D eigenvalue weighted by molar-refractivity contribution is -0.115. The molecule has 1 heterocycles. The van der Waals surface area contributed by atoms with Crippen LogP contribution in [0.3, 0.4) is 0 Å². The molecule has 5 N–H and O–H groups in total. The van der Waals surface area contributed by atoms with Crippen molar-refractivity contribution in [3.05, 3.63) is 66.2 Å². The Morgan fingerprint density at radius 3 is 2.41 bits per heavy atom. The zero-order chi connectivity index (χ0) is 19.2. The lowest BCUT2D eigenvalue weighted by Gasteiger charge is -2.17. The maximum Gasteiger partial charge on any atom is 0.242 e.